The third kappa shape index (κ3) is 4.18. The lowest BCUT2D eigenvalue weighted by Crippen LogP contribution is -2.07. The number of nitrogens with one attached hydrogen (secondary N) is 1. The lowest BCUT2D eigenvalue weighted by Gasteiger charge is -2.01. The molecule has 3 aromatic rings. The second kappa shape index (κ2) is 7.07. The number of aryl methyl sites for hydroxylation is 1. The van der Waals surface area contributed by atoms with E-state index in [-0.39, 0.29) is 5.91 Å². The van der Waals surface area contributed by atoms with E-state index in [1.54, 1.807) is 17.4 Å². The van der Waals surface area contributed by atoms with E-state index in [4.69, 9.17) is 0 Å². The largest absolute Gasteiger partial charge is 0.323 e. The van der Waals surface area contributed by atoms with Crippen LogP contribution in [0.2, 0.25) is 0 Å². The van der Waals surface area contributed by atoms with E-state index >= 15 is 0 Å². The Kier molecular flexibility index (Phi) is 4.69. The second-order valence-electron chi connectivity index (χ2n) is 5.29. The fourth-order valence-electron chi connectivity index (χ4n) is 2.20. The molecule has 0 aliphatic rings. The van der Waals surface area contributed by atoms with Crippen molar-refractivity contribution >= 4 is 29.0 Å². The Morgan fingerprint density at radius 3 is 2.48 bits per heavy atom. The SMILES string of the molecule is Cc1ccc(NC(=O)/C=C/c2cc(-c3ccccc3)cs2)cc1. The molecule has 2 aromatic carbocycles. The van der Waals surface area contributed by atoms with Crippen LogP contribution in [0.25, 0.3) is 17.2 Å². The van der Waals surface area contributed by atoms with Gasteiger partial charge in [0.25, 0.3) is 0 Å². The number of benzene rings is 2. The summed E-state index contributed by atoms with van der Waals surface area (Å²) < 4.78 is 0. The summed E-state index contributed by atoms with van der Waals surface area (Å²) in [5.74, 6) is -0.122. The third-order valence-electron chi connectivity index (χ3n) is 3.44. The van der Waals surface area contributed by atoms with Crippen molar-refractivity contribution in [2.24, 2.45) is 0 Å². The van der Waals surface area contributed by atoms with Gasteiger partial charge in [-0.3, -0.25) is 4.79 Å². The van der Waals surface area contributed by atoms with Crippen molar-refractivity contribution in [1.82, 2.24) is 0 Å². The molecule has 2 nitrogen and oxygen atoms in total. The molecule has 0 spiro atoms. The van der Waals surface area contributed by atoms with Crippen molar-refractivity contribution in [1.29, 1.82) is 0 Å². The lowest BCUT2D eigenvalue weighted by molar-refractivity contribution is -0.111. The van der Waals surface area contributed by atoms with Crippen molar-refractivity contribution in [2.75, 3.05) is 5.32 Å². The highest BCUT2D eigenvalue weighted by Crippen LogP contribution is 2.26. The summed E-state index contributed by atoms with van der Waals surface area (Å²) in [4.78, 5) is 13.0. The summed E-state index contributed by atoms with van der Waals surface area (Å²) in [5, 5.41) is 4.96. The molecule has 1 heterocycles. The van der Waals surface area contributed by atoms with E-state index in [2.05, 4.69) is 28.9 Å². The van der Waals surface area contributed by atoms with E-state index in [0.717, 1.165) is 10.6 Å². The van der Waals surface area contributed by atoms with Crippen molar-refractivity contribution in [3.63, 3.8) is 0 Å². The molecular weight excluding hydrogens is 302 g/mol. The summed E-state index contributed by atoms with van der Waals surface area (Å²) in [6.45, 7) is 2.02. The first-order valence-electron chi connectivity index (χ1n) is 7.40. The van der Waals surface area contributed by atoms with E-state index in [9.17, 15) is 4.79 Å². The van der Waals surface area contributed by atoms with Crippen LogP contribution >= 0.6 is 11.3 Å². The first-order chi connectivity index (χ1) is 11.2. The number of hydrogen-bond acceptors (Lipinski definition) is 2. The summed E-state index contributed by atoms with van der Waals surface area (Å²) in [6, 6.07) is 20.1. The van der Waals surface area contributed by atoms with E-state index in [1.807, 2.05) is 55.5 Å². The van der Waals surface area contributed by atoms with Crippen molar-refractivity contribution < 1.29 is 4.79 Å². The smallest absolute Gasteiger partial charge is 0.248 e. The average molecular weight is 319 g/mol. The number of rotatable bonds is 4. The van der Waals surface area contributed by atoms with E-state index in [0.29, 0.717) is 0 Å². The average Bonchev–Trinajstić information content (AvgIpc) is 3.05. The molecule has 1 amide bonds. The van der Waals surface area contributed by atoms with Gasteiger partial charge in [0, 0.05) is 16.6 Å². The van der Waals surface area contributed by atoms with Crippen molar-refractivity contribution in [2.45, 2.75) is 6.92 Å². The maximum Gasteiger partial charge on any atom is 0.248 e. The van der Waals surface area contributed by atoms with Crippen LogP contribution in [0.4, 0.5) is 5.69 Å². The number of anilines is 1. The Morgan fingerprint density at radius 1 is 1.00 bits per heavy atom. The third-order valence-corrected chi connectivity index (χ3v) is 4.34. The molecular formula is C20H17NOS. The second-order valence-corrected chi connectivity index (χ2v) is 6.24. The van der Waals surface area contributed by atoms with Gasteiger partial charge in [-0.2, -0.15) is 0 Å². The highest BCUT2D eigenvalue weighted by atomic mass is 32.1. The zero-order chi connectivity index (χ0) is 16.1. The Hall–Kier alpha value is -2.65. The molecule has 0 saturated carbocycles. The van der Waals surface area contributed by atoms with Crippen molar-refractivity contribution in [3.05, 3.63) is 82.6 Å². The number of carbonyl (C=O) groups excluding carboxylic acids is 1. The van der Waals surface area contributed by atoms with Gasteiger partial charge in [0.05, 0.1) is 0 Å². The standard InChI is InChI=1S/C20H17NOS/c1-15-7-9-18(10-8-15)21-20(22)12-11-19-13-17(14-23-19)16-5-3-2-4-6-16/h2-14H,1H3,(H,21,22)/b12-11+. The first-order valence-corrected chi connectivity index (χ1v) is 8.28. The Labute approximate surface area is 140 Å². The summed E-state index contributed by atoms with van der Waals surface area (Å²) in [7, 11) is 0. The van der Waals surface area contributed by atoms with Gasteiger partial charge in [-0.05, 0) is 47.7 Å². The monoisotopic (exact) mass is 319 g/mol. The Morgan fingerprint density at radius 2 is 1.74 bits per heavy atom. The number of amides is 1. The molecule has 3 heteroatoms. The van der Waals surface area contributed by atoms with Gasteiger partial charge in [-0.15, -0.1) is 11.3 Å². The minimum atomic E-state index is -0.122. The van der Waals surface area contributed by atoms with Crippen LogP contribution < -0.4 is 5.32 Å². The van der Waals surface area contributed by atoms with E-state index < -0.39 is 0 Å². The minimum Gasteiger partial charge on any atom is -0.323 e. The summed E-state index contributed by atoms with van der Waals surface area (Å²) >= 11 is 1.63. The van der Waals surface area contributed by atoms with Crippen molar-refractivity contribution in [3.8, 4) is 11.1 Å². The number of thiophene rings is 1. The van der Waals surface area contributed by atoms with Gasteiger partial charge in [-0.1, -0.05) is 48.0 Å². The highest BCUT2D eigenvalue weighted by molar-refractivity contribution is 7.11. The van der Waals surface area contributed by atoms with E-state index in [1.165, 1.54) is 16.7 Å². The predicted molar refractivity (Wildman–Crippen MR) is 98.6 cm³/mol. The van der Waals surface area contributed by atoms with Crippen LogP contribution in [-0.4, -0.2) is 5.91 Å². The predicted octanol–water partition coefficient (Wildman–Crippen LogP) is 5.38. The molecule has 0 unspecified atom stereocenters. The molecule has 1 N–H and O–H groups in total. The zero-order valence-electron chi connectivity index (χ0n) is 12.8. The van der Waals surface area contributed by atoms with Crippen LogP contribution in [0.5, 0.6) is 0 Å². The molecule has 0 aliphatic heterocycles. The van der Waals surface area contributed by atoms with Gasteiger partial charge in [0.1, 0.15) is 0 Å². The molecule has 0 bridgehead atoms. The molecule has 0 saturated heterocycles. The van der Waals surface area contributed by atoms with Crippen LogP contribution in [-0.2, 0) is 4.79 Å². The van der Waals surface area contributed by atoms with Crippen LogP contribution in [0.15, 0.2) is 72.1 Å². The van der Waals surface area contributed by atoms with Gasteiger partial charge < -0.3 is 5.32 Å². The molecule has 114 valence electrons. The molecule has 3 rings (SSSR count). The highest BCUT2D eigenvalue weighted by Gasteiger charge is 2.01. The first kappa shape index (κ1) is 15.3. The lowest BCUT2D eigenvalue weighted by atomic mass is 10.1. The molecule has 0 fully saturated rings. The fraction of sp³-hybridized carbons (Fsp3) is 0.0500. The van der Waals surface area contributed by atoms with Gasteiger partial charge in [-0.25, -0.2) is 0 Å². The van der Waals surface area contributed by atoms with Crippen LogP contribution in [0.3, 0.4) is 0 Å². The normalized spacial score (nSPS) is 10.8. The molecule has 0 atom stereocenters. The maximum atomic E-state index is 12.0. The fourth-order valence-corrected chi connectivity index (χ4v) is 3.01. The number of carbonyl (C=O) groups is 1. The summed E-state index contributed by atoms with van der Waals surface area (Å²) in [5.41, 5.74) is 4.34. The summed E-state index contributed by atoms with van der Waals surface area (Å²) in [6.07, 6.45) is 3.42. The molecule has 1 aromatic heterocycles. The zero-order valence-corrected chi connectivity index (χ0v) is 13.6. The number of hydrogen-bond donors (Lipinski definition) is 1. The van der Waals surface area contributed by atoms with Gasteiger partial charge >= 0.3 is 0 Å². The Balaban J connectivity index is 1.65. The topological polar surface area (TPSA) is 29.1 Å². The van der Waals surface area contributed by atoms with Gasteiger partial charge in [0.15, 0.2) is 0 Å². The minimum absolute atomic E-state index is 0.122. The maximum absolute atomic E-state index is 12.0. The quantitative estimate of drug-likeness (QED) is 0.643. The van der Waals surface area contributed by atoms with Gasteiger partial charge in [0.2, 0.25) is 5.91 Å². The Bertz CT molecular complexity index is 816. The van der Waals surface area contributed by atoms with Crippen LogP contribution in [0, 0.1) is 6.92 Å². The molecule has 23 heavy (non-hydrogen) atoms. The van der Waals surface area contributed by atoms with Crippen LogP contribution in [0.1, 0.15) is 10.4 Å². The molecule has 0 aliphatic carbocycles. The molecule has 0 radical (unpaired) electrons.